The lowest BCUT2D eigenvalue weighted by molar-refractivity contribution is -0.119. The summed E-state index contributed by atoms with van der Waals surface area (Å²) in [6, 6.07) is 4.33. The van der Waals surface area contributed by atoms with E-state index < -0.39 is 0 Å². The number of pyridine rings is 1. The van der Waals surface area contributed by atoms with Crippen LogP contribution in [-0.4, -0.2) is 23.0 Å². The molecule has 0 bridgehead atoms. The number of aromatic nitrogens is 1. The number of carbonyl (C=O) groups excluding carboxylic acids is 1. The molecule has 4 heteroatoms. The molecule has 1 aliphatic carbocycles. The SMILES string of the molecule is Cc1ccc(NC(=O)C2CCC3CCCCC3N2)cn1. The van der Waals surface area contributed by atoms with Crippen LogP contribution in [0.1, 0.15) is 44.2 Å². The van der Waals surface area contributed by atoms with E-state index in [1.54, 1.807) is 6.20 Å². The summed E-state index contributed by atoms with van der Waals surface area (Å²) in [4.78, 5) is 16.5. The van der Waals surface area contributed by atoms with Gasteiger partial charge in [-0.15, -0.1) is 0 Å². The lowest BCUT2D eigenvalue weighted by Crippen LogP contribution is -2.53. The Morgan fingerprint density at radius 3 is 2.90 bits per heavy atom. The minimum Gasteiger partial charge on any atom is -0.323 e. The first-order valence-corrected chi connectivity index (χ1v) is 7.72. The number of carbonyl (C=O) groups is 1. The van der Waals surface area contributed by atoms with Crippen molar-refractivity contribution in [3.8, 4) is 0 Å². The van der Waals surface area contributed by atoms with Gasteiger partial charge in [-0.3, -0.25) is 9.78 Å². The van der Waals surface area contributed by atoms with Gasteiger partial charge >= 0.3 is 0 Å². The summed E-state index contributed by atoms with van der Waals surface area (Å²) in [6.45, 7) is 1.94. The van der Waals surface area contributed by atoms with Crippen molar-refractivity contribution in [3.63, 3.8) is 0 Å². The van der Waals surface area contributed by atoms with Gasteiger partial charge < -0.3 is 10.6 Å². The Labute approximate surface area is 120 Å². The summed E-state index contributed by atoms with van der Waals surface area (Å²) in [5.41, 5.74) is 1.75. The maximum absolute atomic E-state index is 12.3. The summed E-state index contributed by atoms with van der Waals surface area (Å²) < 4.78 is 0. The summed E-state index contributed by atoms with van der Waals surface area (Å²) in [6.07, 6.45) is 9.06. The van der Waals surface area contributed by atoms with Crippen LogP contribution in [0.25, 0.3) is 0 Å². The van der Waals surface area contributed by atoms with Crippen molar-refractivity contribution < 1.29 is 4.79 Å². The molecular formula is C16H23N3O. The Hall–Kier alpha value is -1.42. The van der Waals surface area contributed by atoms with E-state index in [9.17, 15) is 4.79 Å². The Morgan fingerprint density at radius 1 is 1.25 bits per heavy atom. The van der Waals surface area contributed by atoms with Gasteiger partial charge in [-0.05, 0) is 50.7 Å². The molecule has 1 aliphatic heterocycles. The van der Waals surface area contributed by atoms with Crippen molar-refractivity contribution in [1.29, 1.82) is 0 Å². The Balaban J connectivity index is 1.58. The smallest absolute Gasteiger partial charge is 0.241 e. The van der Waals surface area contributed by atoms with Crippen LogP contribution in [0.5, 0.6) is 0 Å². The average Bonchev–Trinajstić information content (AvgIpc) is 2.49. The highest BCUT2D eigenvalue weighted by Gasteiger charge is 2.34. The van der Waals surface area contributed by atoms with Crippen LogP contribution >= 0.6 is 0 Å². The molecule has 3 rings (SSSR count). The van der Waals surface area contributed by atoms with Crippen LogP contribution in [0.15, 0.2) is 18.3 Å². The molecule has 2 aliphatic rings. The van der Waals surface area contributed by atoms with E-state index in [0.29, 0.717) is 6.04 Å². The highest BCUT2D eigenvalue weighted by Crippen LogP contribution is 2.32. The second-order valence-electron chi connectivity index (χ2n) is 6.13. The van der Waals surface area contributed by atoms with Crippen LogP contribution in [0.4, 0.5) is 5.69 Å². The third kappa shape index (κ3) is 3.01. The van der Waals surface area contributed by atoms with Crippen molar-refractivity contribution in [3.05, 3.63) is 24.0 Å². The van der Waals surface area contributed by atoms with Gasteiger partial charge in [-0.2, -0.15) is 0 Å². The molecule has 0 spiro atoms. The predicted molar refractivity (Wildman–Crippen MR) is 79.5 cm³/mol. The van der Waals surface area contributed by atoms with Crippen LogP contribution in [0, 0.1) is 12.8 Å². The topological polar surface area (TPSA) is 54.0 Å². The van der Waals surface area contributed by atoms with Crippen molar-refractivity contribution >= 4 is 11.6 Å². The second-order valence-corrected chi connectivity index (χ2v) is 6.13. The Kier molecular flexibility index (Phi) is 4.01. The first-order valence-electron chi connectivity index (χ1n) is 7.72. The standard InChI is InChI=1S/C16H23N3O/c1-11-6-8-13(10-17-11)18-16(20)15-9-7-12-4-2-3-5-14(12)19-15/h6,8,10,12,14-15,19H,2-5,7,9H2,1H3,(H,18,20). The number of hydrogen-bond acceptors (Lipinski definition) is 3. The highest BCUT2D eigenvalue weighted by atomic mass is 16.2. The molecule has 20 heavy (non-hydrogen) atoms. The van der Waals surface area contributed by atoms with Gasteiger partial charge in [0.15, 0.2) is 0 Å². The van der Waals surface area contributed by atoms with E-state index >= 15 is 0 Å². The second kappa shape index (κ2) is 5.92. The van der Waals surface area contributed by atoms with Crippen LogP contribution in [0.3, 0.4) is 0 Å². The monoisotopic (exact) mass is 273 g/mol. The fraction of sp³-hybridized carbons (Fsp3) is 0.625. The molecule has 1 aromatic rings. The molecule has 108 valence electrons. The number of hydrogen-bond donors (Lipinski definition) is 2. The molecule has 3 atom stereocenters. The lowest BCUT2D eigenvalue weighted by atomic mass is 9.77. The zero-order chi connectivity index (χ0) is 13.9. The number of amides is 1. The first kappa shape index (κ1) is 13.6. The summed E-state index contributed by atoms with van der Waals surface area (Å²) in [5, 5.41) is 6.52. The number of rotatable bonds is 2. The van der Waals surface area contributed by atoms with E-state index in [-0.39, 0.29) is 11.9 Å². The molecule has 1 saturated carbocycles. The molecule has 0 aromatic carbocycles. The van der Waals surface area contributed by atoms with E-state index in [1.807, 2.05) is 19.1 Å². The largest absolute Gasteiger partial charge is 0.323 e. The highest BCUT2D eigenvalue weighted by molar-refractivity contribution is 5.94. The third-order valence-corrected chi connectivity index (χ3v) is 4.65. The molecular weight excluding hydrogens is 250 g/mol. The zero-order valence-corrected chi connectivity index (χ0v) is 12.1. The van der Waals surface area contributed by atoms with Crippen molar-refractivity contribution in [2.75, 3.05) is 5.32 Å². The molecule has 2 heterocycles. The predicted octanol–water partition coefficient (Wildman–Crippen LogP) is 2.64. The van der Waals surface area contributed by atoms with Gasteiger partial charge in [0.25, 0.3) is 0 Å². The fourth-order valence-corrected chi connectivity index (χ4v) is 3.47. The van der Waals surface area contributed by atoms with E-state index in [1.165, 1.54) is 32.1 Å². The van der Waals surface area contributed by atoms with Gasteiger partial charge in [-0.1, -0.05) is 12.8 Å². The Bertz CT molecular complexity index is 471. The van der Waals surface area contributed by atoms with Gasteiger partial charge in [0.2, 0.25) is 5.91 Å². The molecule has 0 radical (unpaired) electrons. The van der Waals surface area contributed by atoms with E-state index in [4.69, 9.17) is 0 Å². The number of anilines is 1. The fourth-order valence-electron chi connectivity index (χ4n) is 3.47. The maximum atomic E-state index is 12.3. The van der Waals surface area contributed by atoms with Gasteiger partial charge in [0.05, 0.1) is 17.9 Å². The third-order valence-electron chi connectivity index (χ3n) is 4.65. The van der Waals surface area contributed by atoms with Crippen molar-refractivity contribution in [2.45, 2.75) is 57.5 Å². The molecule has 2 fully saturated rings. The quantitative estimate of drug-likeness (QED) is 0.871. The maximum Gasteiger partial charge on any atom is 0.241 e. The average molecular weight is 273 g/mol. The lowest BCUT2D eigenvalue weighted by Gasteiger charge is -2.39. The van der Waals surface area contributed by atoms with Crippen molar-refractivity contribution in [1.82, 2.24) is 10.3 Å². The number of nitrogens with one attached hydrogen (secondary N) is 2. The number of piperidine rings is 1. The van der Waals surface area contributed by atoms with E-state index in [0.717, 1.165) is 23.7 Å². The summed E-state index contributed by atoms with van der Waals surface area (Å²) in [5.74, 6) is 0.869. The molecule has 1 saturated heterocycles. The number of fused-ring (bicyclic) bond motifs is 1. The number of aryl methyl sites for hydroxylation is 1. The zero-order valence-electron chi connectivity index (χ0n) is 12.1. The normalized spacial score (nSPS) is 29.6. The Morgan fingerprint density at radius 2 is 2.10 bits per heavy atom. The molecule has 4 nitrogen and oxygen atoms in total. The summed E-state index contributed by atoms with van der Waals surface area (Å²) in [7, 11) is 0. The van der Waals surface area contributed by atoms with E-state index in [2.05, 4.69) is 15.6 Å². The van der Waals surface area contributed by atoms with Gasteiger partial charge in [0, 0.05) is 11.7 Å². The van der Waals surface area contributed by atoms with Crippen molar-refractivity contribution in [2.24, 2.45) is 5.92 Å². The molecule has 1 amide bonds. The molecule has 3 unspecified atom stereocenters. The van der Waals surface area contributed by atoms with Crippen LogP contribution in [0.2, 0.25) is 0 Å². The summed E-state index contributed by atoms with van der Waals surface area (Å²) >= 11 is 0. The molecule has 2 N–H and O–H groups in total. The van der Waals surface area contributed by atoms with Crippen LogP contribution < -0.4 is 10.6 Å². The minimum absolute atomic E-state index is 0.0457. The number of nitrogens with zero attached hydrogens (tertiary/aromatic N) is 1. The van der Waals surface area contributed by atoms with Gasteiger partial charge in [-0.25, -0.2) is 0 Å². The minimum atomic E-state index is -0.0457. The van der Waals surface area contributed by atoms with Gasteiger partial charge in [0.1, 0.15) is 0 Å². The first-order chi connectivity index (χ1) is 9.72. The van der Waals surface area contributed by atoms with Crippen LogP contribution in [-0.2, 0) is 4.79 Å². The molecule has 1 aromatic heterocycles.